The fourth-order valence-electron chi connectivity index (χ4n) is 2.48. The number of nitrogens with zero attached hydrogens (tertiary/aromatic N) is 3. The third kappa shape index (κ3) is 5.15. The molecular formula is C19H18ClN5O2. The van der Waals surface area contributed by atoms with E-state index in [9.17, 15) is 9.59 Å². The van der Waals surface area contributed by atoms with E-state index in [1.165, 1.54) is 6.33 Å². The van der Waals surface area contributed by atoms with Gasteiger partial charge in [-0.15, -0.1) is 0 Å². The minimum Gasteiger partial charge on any atom is -0.352 e. The molecule has 0 unspecified atom stereocenters. The summed E-state index contributed by atoms with van der Waals surface area (Å²) in [4.78, 5) is 28.1. The highest BCUT2D eigenvalue weighted by Gasteiger charge is 2.09. The Labute approximate surface area is 161 Å². The minimum absolute atomic E-state index is 0.136. The standard InChI is InChI=1S/C19H18ClN5O2/c20-15-9-7-14(8-10-15)19(27)22-11-3-6-18(26)24-16-4-1-2-5-17(16)25-13-21-12-23-25/h1-2,4-5,7-10,12-13H,3,6,11H2,(H,22,27)(H,24,26). The molecule has 0 aliphatic carbocycles. The fourth-order valence-corrected chi connectivity index (χ4v) is 2.60. The predicted octanol–water partition coefficient (Wildman–Crippen LogP) is 3.07. The molecule has 0 bridgehead atoms. The molecule has 0 saturated heterocycles. The van der Waals surface area contributed by atoms with Crippen molar-refractivity contribution < 1.29 is 9.59 Å². The summed E-state index contributed by atoms with van der Waals surface area (Å²) in [5.74, 6) is -0.327. The quantitative estimate of drug-likeness (QED) is 0.613. The monoisotopic (exact) mass is 383 g/mol. The van der Waals surface area contributed by atoms with Crippen molar-refractivity contribution in [1.82, 2.24) is 20.1 Å². The highest BCUT2D eigenvalue weighted by atomic mass is 35.5. The van der Waals surface area contributed by atoms with Gasteiger partial charge in [-0.1, -0.05) is 23.7 Å². The van der Waals surface area contributed by atoms with Gasteiger partial charge >= 0.3 is 0 Å². The summed E-state index contributed by atoms with van der Waals surface area (Å²) in [5.41, 5.74) is 1.92. The van der Waals surface area contributed by atoms with Crippen molar-refractivity contribution >= 4 is 29.1 Å². The smallest absolute Gasteiger partial charge is 0.251 e. The second-order valence-corrected chi connectivity index (χ2v) is 6.21. The molecule has 3 aromatic rings. The number of aromatic nitrogens is 3. The second kappa shape index (κ2) is 8.95. The van der Waals surface area contributed by atoms with Crippen molar-refractivity contribution in [1.29, 1.82) is 0 Å². The molecule has 3 rings (SSSR count). The van der Waals surface area contributed by atoms with Gasteiger partial charge in [0.05, 0.1) is 11.4 Å². The van der Waals surface area contributed by atoms with Gasteiger partial charge in [-0.2, -0.15) is 5.10 Å². The maximum atomic E-state index is 12.2. The van der Waals surface area contributed by atoms with Crippen molar-refractivity contribution in [2.45, 2.75) is 12.8 Å². The third-order valence-corrected chi connectivity index (χ3v) is 4.07. The number of para-hydroxylation sites is 2. The highest BCUT2D eigenvalue weighted by Crippen LogP contribution is 2.18. The molecular weight excluding hydrogens is 366 g/mol. The lowest BCUT2D eigenvalue weighted by Crippen LogP contribution is -2.25. The molecule has 0 radical (unpaired) electrons. The van der Waals surface area contributed by atoms with E-state index in [4.69, 9.17) is 11.6 Å². The van der Waals surface area contributed by atoms with Gasteiger partial charge in [0.25, 0.3) is 5.91 Å². The van der Waals surface area contributed by atoms with E-state index in [0.717, 1.165) is 5.69 Å². The van der Waals surface area contributed by atoms with Gasteiger partial charge in [0.1, 0.15) is 12.7 Å². The molecule has 0 aliphatic rings. The molecule has 7 nitrogen and oxygen atoms in total. The van der Waals surface area contributed by atoms with Crippen molar-refractivity contribution in [3.05, 3.63) is 71.8 Å². The number of hydrogen-bond donors (Lipinski definition) is 2. The zero-order valence-electron chi connectivity index (χ0n) is 14.4. The lowest BCUT2D eigenvalue weighted by Gasteiger charge is -2.11. The number of hydrogen-bond acceptors (Lipinski definition) is 4. The maximum absolute atomic E-state index is 12.2. The predicted molar refractivity (Wildman–Crippen MR) is 103 cm³/mol. The first kappa shape index (κ1) is 18.6. The first-order valence-corrected chi connectivity index (χ1v) is 8.79. The van der Waals surface area contributed by atoms with Crippen LogP contribution in [0.25, 0.3) is 5.69 Å². The highest BCUT2D eigenvalue weighted by molar-refractivity contribution is 6.30. The van der Waals surface area contributed by atoms with Gasteiger partial charge < -0.3 is 10.6 Å². The number of benzene rings is 2. The van der Waals surface area contributed by atoms with Crippen LogP contribution in [0, 0.1) is 0 Å². The molecule has 0 saturated carbocycles. The van der Waals surface area contributed by atoms with E-state index in [1.54, 1.807) is 41.3 Å². The summed E-state index contributed by atoms with van der Waals surface area (Å²) in [6, 6.07) is 14.0. The molecule has 2 aromatic carbocycles. The molecule has 27 heavy (non-hydrogen) atoms. The SMILES string of the molecule is O=C(CCCNC(=O)c1ccc(Cl)cc1)Nc1ccccc1-n1cncn1. The van der Waals surface area contributed by atoms with Crippen LogP contribution in [0.3, 0.4) is 0 Å². The first-order chi connectivity index (χ1) is 13.1. The lowest BCUT2D eigenvalue weighted by atomic mass is 10.2. The topological polar surface area (TPSA) is 88.9 Å². The van der Waals surface area contributed by atoms with E-state index in [0.29, 0.717) is 29.2 Å². The minimum atomic E-state index is -0.191. The molecule has 1 aromatic heterocycles. The van der Waals surface area contributed by atoms with Gasteiger partial charge in [-0.3, -0.25) is 9.59 Å². The van der Waals surface area contributed by atoms with Crippen molar-refractivity contribution in [3.63, 3.8) is 0 Å². The third-order valence-electron chi connectivity index (χ3n) is 3.82. The Balaban J connectivity index is 1.47. The van der Waals surface area contributed by atoms with Crippen LogP contribution in [-0.4, -0.2) is 33.1 Å². The van der Waals surface area contributed by atoms with E-state index >= 15 is 0 Å². The first-order valence-electron chi connectivity index (χ1n) is 8.41. The van der Waals surface area contributed by atoms with Gasteiger partial charge in [-0.05, 0) is 42.8 Å². The molecule has 8 heteroatoms. The number of nitrogens with one attached hydrogen (secondary N) is 2. The van der Waals surface area contributed by atoms with E-state index < -0.39 is 0 Å². The van der Waals surface area contributed by atoms with Gasteiger partial charge in [0, 0.05) is 23.6 Å². The molecule has 1 heterocycles. The van der Waals surface area contributed by atoms with E-state index in [1.807, 2.05) is 18.2 Å². The Morgan fingerprint density at radius 1 is 1.07 bits per heavy atom. The Morgan fingerprint density at radius 3 is 2.59 bits per heavy atom. The number of rotatable bonds is 7. The number of carbonyl (C=O) groups is 2. The number of amides is 2. The largest absolute Gasteiger partial charge is 0.352 e. The van der Waals surface area contributed by atoms with Crippen LogP contribution in [-0.2, 0) is 4.79 Å². The van der Waals surface area contributed by atoms with Crippen LogP contribution in [0.1, 0.15) is 23.2 Å². The molecule has 0 fully saturated rings. The lowest BCUT2D eigenvalue weighted by molar-refractivity contribution is -0.116. The van der Waals surface area contributed by atoms with Crippen molar-refractivity contribution in [3.8, 4) is 5.69 Å². The number of anilines is 1. The van der Waals surface area contributed by atoms with Crippen LogP contribution < -0.4 is 10.6 Å². The molecule has 0 spiro atoms. The van der Waals surface area contributed by atoms with E-state index in [2.05, 4.69) is 20.7 Å². The molecule has 2 amide bonds. The number of halogens is 1. The normalized spacial score (nSPS) is 10.4. The van der Waals surface area contributed by atoms with Crippen LogP contribution in [0.2, 0.25) is 5.02 Å². The Bertz CT molecular complexity index is 910. The zero-order valence-corrected chi connectivity index (χ0v) is 15.2. The average Bonchev–Trinajstić information content (AvgIpc) is 3.20. The average molecular weight is 384 g/mol. The van der Waals surface area contributed by atoms with Crippen LogP contribution in [0.4, 0.5) is 5.69 Å². The molecule has 2 N–H and O–H groups in total. The van der Waals surface area contributed by atoms with Gasteiger partial charge in [0.15, 0.2) is 0 Å². The molecule has 0 aliphatic heterocycles. The summed E-state index contributed by atoms with van der Waals surface area (Å²) in [6.07, 6.45) is 3.81. The molecule has 0 atom stereocenters. The summed E-state index contributed by atoms with van der Waals surface area (Å²) >= 11 is 5.80. The van der Waals surface area contributed by atoms with Crippen molar-refractivity contribution in [2.75, 3.05) is 11.9 Å². The van der Waals surface area contributed by atoms with Crippen LogP contribution in [0.5, 0.6) is 0 Å². The van der Waals surface area contributed by atoms with Gasteiger partial charge in [-0.25, -0.2) is 9.67 Å². The summed E-state index contributed by atoms with van der Waals surface area (Å²) in [6.45, 7) is 0.402. The van der Waals surface area contributed by atoms with Crippen molar-refractivity contribution in [2.24, 2.45) is 0 Å². The second-order valence-electron chi connectivity index (χ2n) is 5.77. The Hall–Kier alpha value is -3.19. The number of carbonyl (C=O) groups excluding carboxylic acids is 2. The summed E-state index contributed by atoms with van der Waals surface area (Å²) in [5, 5.41) is 10.3. The molecule has 138 valence electrons. The van der Waals surface area contributed by atoms with Gasteiger partial charge in [0.2, 0.25) is 5.91 Å². The summed E-state index contributed by atoms with van der Waals surface area (Å²) < 4.78 is 1.59. The van der Waals surface area contributed by atoms with E-state index in [-0.39, 0.29) is 18.2 Å². The zero-order chi connectivity index (χ0) is 19.1. The van der Waals surface area contributed by atoms with Crippen LogP contribution in [0.15, 0.2) is 61.2 Å². The summed E-state index contributed by atoms with van der Waals surface area (Å²) in [7, 11) is 0. The maximum Gasteiger partial charge on any atom is 0.251 e. The fraction of sp³-hybridized carbons (Fsp3) is 0.158. The van der Waals surface area contributed by atoms with Crippen LogP contribution >= 0.6 is 11.6 Å². The Morgan fingerprint density at radius 2 is 1.85 bits per heavy atom. The Kier molecular flexibility index (Phi) is 6.17.